The van der Waals surface area contributed by atoms with Gasteiger partial charge in [0.25, 0.3) is 5.56 Å². The topological polar surface area (TPSA) is 55.4 Å². The van der Waals surface area contributed by atoms with Crippen LogP contribution in [0.1, 0.15) is 25.2 Å². The van der Waals surface area contributed by atoms with E-state index in [1.807, 2.05) is 46.9 Å². The maximum absolute atomic E-state index is 12.6. The highest BCUT2D eigenvalue weighted by Crippen LogP contribution is 2.18. The first kappa shape index (κ1) is 18.7. The standard InChI is InChI=1S/C21H22ClN5O/c1-14(2)26(12-15-7-6-8-16(22)11-15)13-19-23-24-21-25(3)20(28)17-9-4-5-10-18(17)27(19)21/h4-11,14H,12-13H2,1-3H3. The second-order valence-electron chi connectivity index (χ2n) is 7.26. The number of rotatable bonds is 5. The molecule has 6 nitrogen and oxygen atoms in total. The molecular formula is C21H22ClN5O. The second kappa shape index (κ2) is 7.37. The quantitative estimate of drug-likeness (QED) is 0.517. The molecule has 0 fully saturated rings. The monoisotopic (exact) mass is 395 g/mol. The highest BCUT2D eigenvalue weighted by Gasteiger charge is 2.18. The molecule has 2 heterocycles. The Kier molecular flexibility index (Phi) is 4.91. The first-order valence-electron chi connectivity index (χ1n) is 9.26. The van der Waals surface area contributed by atoms with E-state index in [4.69, 9.17) is 11.6 Å². The van der Waals surface area contributed by atoms with Crippen LogP contribution in [0.4, 0.5) is 0 Å². The summed E-state index contributed by atoms with van der Waals surface area (Å²) in [6.45, 7) is 5.66. The first-order chi connectivity index (χ1) is 13.5. The van der Waals surface area contributed by atoms with E-state index < -0.39 is 0 Å². The molecule has 0 spiro atoms. The van der Waals surface area contributed by atoms with E-state index in [0.29, 0.717) is 23.8 Å². The van der Waals surface area contributed by atoms with Crippen LogP contribution in [0.15, 0.2) is 53.3 Å². The third kappa shape index (κ3) is 3.30. The van der Waals surface area contributed by atoms with Crippen LogP contribution in [-0.4, -0.2) is 30.1 Å². The summed E-state index contributed by atoms with van der Waals surface area (Å²) in [5.41, 5.74) is 1.90. The lowest BCUT2D eigenvalue weighted by Gasteiger charge is -2.26. The van der Waals surface area contributed by atoms with Gasteiger partial charge in [-0.2, -0.15) is 0 Å². The number of aryl methyl sites for hydroxylation is 1. The van der Waals surface area contributed by atoms with Gasteiger partial charge in [-0.05, 0) is 43.7 Å². The lowest BCUT2D eigenvalue weighted by Crippen LogP contribution is -2.31. The number of halogens is 1. The third-order valence-electron chi connectivity index (χ3n) is 5.04. The largest absolute Gasteiger partial charge is 0.289 e. The smallest absolute Gasteiger partial charge is 0.262 e. The molecule has 7 heteroatoms. The second-order valence-corrected chi connectivity index (χ2v) is 7.70. The fraction of sp³-hybridized carbons (Fsp3) is 0.286. The molecule has 0 aliphatic carbocycles. The van der Waals surface area contributed by atoms with E-state index in [1.165, 1.54) is 0 Å². The van der Waals surface area contributed by atoms with Gasteiger partial charge in [0.05, 0.1) is 17.4 Å². The Morgan fingerprint density at radius 2 is 1.86 bits per heavy atom. The summed E-state index contributed by atoms with van der Waals surface area (Å²) in [6, 6.07) is 15.8. The van der Waals surface area contributed by atoms with Gasteiger partial charge in [0.1, 0.15) is 0 Å². The number of benzene rings is 2. The molecule has 4 aromatic rings. The van der Waals surface area contributed by atoms with E-state index in [1.54, 1.807) is 11.6 Å². The summed E-state index contributed by atoms with van der Waals surface area (Å²) in [4.78, 5) is 14.9. The average molecular weight is 396 g/mol. The molecule has 0 amide bonds. The fourth-order valence-electron chi connectivity index (χ4n) is 3.47. The Labute approximate surface area is 168 Å². The third-order valence-corrected chi connectivity index (χ3v) is 5.28. The van der Waals surface area contributed by atoms with Gasteiger partial charge < -0.3 is 0 Å². The summed E-state index contributed by atoms with van der Waals surface area (Å²) >= 11 is 6.15. The Hall–Kier alpha value is -2.70. The lowest BCUT2D eigenvalue weighted by atomic mass is 10.2. The van der Waals surface area contributed by atoms with Crippen LogP contribution < -0.4 is 5.56 Å². The molecule has 4 rings (SSSR count). The molecular weight excluding hydrogens is 374 g/mol. The minimum Gasteiger partial charge on any atom is -0.289 e. The van der Waals surface area contributed by atoms with E-state index >= 15 is 0 Å². The Morgan fingerprint density at radius 1 is 1.07 bits per heavy atom. The number of nitrogens with zero attached hydrogens (tertiary/aromatic N) is 5. The van der Waals surface area contributed by atoms with Gasteiger partial charge in [-0.25, -0.2) is 0 Å². The van der Waals surface area contributed by atoms with Crippen molar-refractivity contribution in [3.63, 3.8) is 0 Å². The number of fused-ring (bicyclic) bond motifs is 3. The van der Waals surface area contributed by atoms with Gasteiger partial charge >= 0.3 is 0 Å². The fourth-order valence-corrected chi connectivity index (χ4v) is 3.68. The van der Waals surface area contributed by atoms with Gasteiger partial charge in [-0.15, -0.1) is 10.2 Å². The molecule has 0 N–H and O–H groups in total. The number of hydrogen-bond acceptors (Lipinski definition) is 4. The number of aromatic nitrogens is 4. The van der Waals surface area contributed by atoms with E-state index in [-0.39, 0.29) is 5.56 Å². The van der Waals surface area contributed by atoms with Crippen molar-refractivity contribution in [2.45, 2.75) is 33.0 Å². The molecule has 0 saturated carbocycles. The summed E-state index contributed by atoms with van der Waals surface area (Å²) < 4.78 is 3.53. The zero-order valence-electron chi connectivity index (χ0n) is 16.1. The van der Waals surface area contributed by atoms with Gasteiger partial charge in [0.2, 0.25) is 5.78 Å². The molecule has 144 valence electrons. The molecule has 2 aromatic heterocycles. The Balaban J connectivity index is 1.79. The molecule has 0 radical (unpaired) electrons. The molecule has 0 bridgehead atoms. The molecule has 2 aromatic carbocycles. The zero-order valence-corrected chi connectivity index (χ0v) is 16.9. The molecule has 0 aliphatic heterocycles. The molecule has 0 unspecified atom stereocenters. The van der Waals surface area contributed by atoms with E-state index in [0.717, 1.165) is 28.5 Å². The molecule has 0 aliphatic rings. The summed E-state index contributed by atoms with van der Waals surface area (Å²) in [5, 5.41) is 10.1. The van der Waals surface area contributed by atoms with E-state index in [2.05, 4.69) is 35.0 Å². The van der Waals surface area contributed by atoms with Crippen molar-refractivity contribution in [3.05, 3.63) is 75.3 Å². The van der Waals surface area contributed by atoms with Crippen LogP contribution in [0.3, 0.4) is 0 Å². The van der Waals surface area contributed by atoms with Crippen molar-refractivity contribution in [1.29, 1.82) is 0 Å². The van der Waals surface area contributed by atoms with Crippen LogP contribution in [-0.2, 0) is 20.1 Å². The van der Waals surface area contributed by atoms with Crippen molar-refractivity contribution in [1.82, 2.24) is 24.1 Å². The predicted molar refractivity (Wildman–Crippen MR) is 112 cm³/mol. The summed E-state index contributed by atoms with van der Waals surface area (Å²) in [6.07, 6.45) is 0. The minimum atomic E-state index is -0.0679. The number of para-hydroxylation sites is 1. The zero-order chi connectivity index (χ0) is 19.8. The maximum atomic E-state index is 12.6. The average Bonchev–Trinajstić information content (AvgIpc) is 3.09. The van der Waals surface area contributed by atoms with Crippen LogP contribution in [0.25, 0.3) is 16.7 Å². The normalized spacial score (nSPS) is 11.9. The van der Waals surface area contributed by atoms with Crippen molar-refractivity contribution in [2.24, 2.45) is 7.05 Å². The van der Waals surface area contributed by atoms with Crippen molar-refractivity contribution in [2.75, 3.05) is 0 Å². The molecule has 0 atom stereocenters. The van der Waals surface area contributed by atoms with Crippen LogP contribution in [0.2, 0.25) is 5.02 Å². The summed E-state index contributed by atoms with van der Waals surface area (Å²) in [7, 11) is 1.73. The van der Waals surface area contributed by atoms with Crippen LogP contribution in [0.5, 0.6) is 0 Å². The first-order valence-corrected chi connectivity index (χ1v) is 9.63. The highest BCUT2D eigenvalue weighted by atomic mass is 35.5. The van der Waals surface area contributed by atoms with Crippen molar-refractivity contribution >= 4 is 28.3 Å². The Bertz CT molecular complexity index is 1210. The van der Waals surface area contributed by atoms with Crippen molar-refractivity contribution in [3.8, 4) is 0 Å². The molecule has 28 heavy (non-hydrogen) atoms. The minimum absolute atomic E-state index is 0.0679. The van der Waals surface area contributed by atoms with Gasteiger partial charge in [0.15, 0.2) is 5.82 Å². The maximum Gasteiger partial charge on any atom is 0.262 e. The lowest BCUT2D eigenvalue weighted by molar-refractivity contribution is 0.198. The number of hydrogen-bond donors (Lipinski definition) is 0. The highest BCUT2D eigenvalue weighted by molar-refractivity contribution is 6.30. The van der Waals surface area contributed by atoms with Crippen LogP contribution in [0, 0.1) is 0 Å². The summed E-state index contributed by atoms with van der Waals surface area (Å²) in [5.74, 6) is 1.35. The van der Waals surface area contributed by atoms with Gasteiger partial charge in [-0.3, -0.25) is 18.7 Å². The van der Waals surface area contributed by atoms with Crippen molar-refractivity contribution < 1.29 is 0 Å². The predicted octanol–water partition coefficient (Wildman–Crippen LogP) is 3.65. The Morgan fingerprint density at radius 3 is 2.61 bits per heavy atom. The van der Waals surface area contributed by atoms with Gasteiger partial charge in [0, 0.05) is 24.7 Å². The SMILES string of the molecule is CC(C)N(Cc1cccc(Cl)c1)Cc1nnc2n(C)c(=O)c3ccccc3n12. The molecule has 0 saturated heterocycles. The van der Waals surface area contributed by atoms with E-state index in [9.17, 15) is 4.79 Å². The van der Waals surface area contributed by atoms with Gasteiger partial charge in [-0.1, -0.05) is 35.9 Å². The van der Waals surface area contributed by atoms with Crippen LogP contribution >= 0.6 is 11.6 Å².